The molecule has 0 aliphatic heterocycles. The number of halogens is 4. The maximum Gasteiger partial charge on any atom is 0.267 e. The lowest BCUT2D eigenvalue weighted by Gasteiger charge is -2.20. The third-order valence-corrected chi connectivity index (χ3v) is 4.82. The van der Waals surface area contributed by atoms with E-state index in [9.17, 15) is 18.4 Å². The van der Waals surface area contributed by atoms with Crippen LogP contribution in [-0.2, 0) is 16.1 Å². The highest BCUT2D eigenvalue weighted by Crippen LogP contribution is 2.26. The molecule has 0 radical (unpaired) electrons. The van der Waals surface area contributed by atoms with Crippen LogP contribution in [0.4, 0.5) is 14.5 Å². The number of amides is 2. The van der Waals surface area contributed by atoms with Gasteiger partial charge in [0.25, 0.3) is 11.8 Å². The number of aromatic nitrogens is 1. The molecule has 0 fully saturated rings. The summed E-state index contributed by atoms with van der Waals surface area (Å²) >= 11 is 11.9. The van der Waals surface area contributed by atoms with Crippen molar-refractivity contribution in [1.29, 1.82) is 0 Å². The topological polar surface area (TPSA) is 104 Å². The summed E-state index contributed by atoms with van der Waals surface area (Å²) in [7, 11) is 0. The molecule has 1 heterocycles. The van der Waals surface area contributed by atoms with Gasteiger partial charge in [0.05, 0.1) is 23.9 Å². The standard InChI is InChI=1S/C22H17Cl2F2N3O4/c23-13-8-15(20(24)28-9-13)29-22(31)17(11-32-10-12-4-2-1-3-5-12)33-16-7-6-14(25)18(19(16)26)21(27)30/h1-9,17H,10-11H2,(H2,27,30)(H,29,31). The van der Waals surface area contributed by atoms with Gasteiger partial charge in [0.2, 0.25) is 6.10 Å². The Morgan fingerprint density at radius 3 is 2.55 bits per heavy atom. The van der Waals surface area contributed by atoms with E-state index in [1.54, 1.807) is 0 Å². The van der Waals surface area contributed by atoms with E-state index in [1.165, 1.54) is 12.3 Å². The van der Waals surface area contributed by atoms with Crippen LogP contribution in [0.25, 0.3) is 0 Å². The lowest BCUT2D eigenvalue weighted by atomic mass is 10.1. The third kappa shape index (κ3) is 6.38. The quantitative estimate of drug-likeness (QED) is 0.429. The van der Waals surface area contributed by atoms with E-state index in [0.29, 0.717) is 0 Å². The predicted octanol–water partition coefficient (Wildman–Crippen LogP) is 4.37. The van der Waals surface area contributed by atoms with Crippen molar-refractivity contribution in [2.24, 2.45) is 5.73 Å². The van der Waals surface area contributed by atoms with Gasteiger partial charge >= 0.3 is 0 Å². The van der Waals surface area contributed by atoms with Crippen LogP contribution in [0, 0.1) is 11.6 Å². The molecular weight excluding hydrogens is 479 g/mol. The van der Waals surface area contributed by atoms with Crippen molar-refractivity contribution in [3.8, 4) is 5.75 Å². The van der Waals surface area contributed by atoms with E-state index in [4.69, 9.17) is 38.4 Å². The molecular formula is C22H17Cl2F2N3O4. The number of primary amides is 1. The molecule has 7 nitrogen and oxygen atoms in total. The molecule has 172 valence electrons. The van der Waals surface area contributed by atoms with Gasteiger partial charge in [0.15, 0.2) is 16.7 Å². The number of hydrogen-bond donors (Lipinski definition) is 2. The summed E-state index contributed by atoms with van der Waals surface area (Å²) in [4.78, 5) is 28.1. The number of anilines is 1. The van der Waals surface area contributed by atoms with Gasteiger partial charge in [-0.15, -0.1) is 0 Å². The Labute approximate surface area is 197 Å². The maximum atomic E-state index is 14.7. The van der Waals surface area contributed by atoms with Gasteiger partial charge in [-0.3, -0.25) is 9.59 Å². The van der Waals surface area contributed by atoms with Crippen LogP contribution >= 0.6 is 23.2 Å². The number of carbonyl (C=O) groups excluding carboxylic acids is 2. The van der Waals surface area contributed by atoms with Crippen molar-refractivity contribution < 1.29 is 27.8 Å². The number of hydrogen-bond acceptors (Lipinski definition) is 5. The number of nitrogens with one attached hydrogen (secondary N) is 1. The lowest BCUT2D eigenvalue weighted by molar-refractivity contribution is -0.125. The SMILES string of the molecule is NC(=O)c1c(F)ccc(OC(COCc2ccccc2)C(=O)Nc2cc(Cl)cnc2Cl)c1F. The molecule has 0 saturated heterocycles. The Morgan fingerprint density at radius 2 is 1.85 bits per heavy atom. The molecule has 1 aromatic heterocycles. The molecule has 2 aromatic carbocycles. The number of pyridine rings is 1. The molecule has 3 rings (SSSR count). The maximum absolute atomic E-state index is 14.7. The fourth-order valence-corrected chi connectivity index (χ4v) is 3.06. The minimum Gasteiger partial charge on any atom is -0.475 e. The van der Waals surface area contributed by atoms with E-state index in [-0.39, 0.29) is 29.1 Å². The first kappa shape index (κ1) is 24.4. The Morgan fingerprint density at radius 1 is 1.12 bits per heavy atom. The third-order valence-electron chi connectivity index (χ3n) is 4.31. The molecule has 3 aromatic rings. The van der Waals surface area contributed by atoms with Crippen molar-refractivity contribution in [3.63, 3.8) is 0 Å². The highest BCUT2D eigenvalue weighted by molar-refractivity contribution is 6.34. The molecule has 0 saturated carbocycles. The van der Waals surface area contributed by atoms with Gasteiger partial charge in [-0.05, 0) is 23.8 Å². The van der Waals surface area contributed by atoms with Crippen molar-refractivity contribution in [2.45, 2.75) is 12.7 Å². The monoisotopic (exact) mass is 495 g/mol. The van der Waals surface area contributed by atoms with Crippen LogP contribution in [0.1, 0.15) is 15.9 Å². The smallest absolute Gasteiger partial charge is 0.267 e. The van der Waals surface area contributed by atoms with E-state index in [1.807, 2.05) is 30.3 Å². The summed E-state index contributed by atoms with van der Waals surface area (Å²) in [5.41, 5.74) is 4.96. The van der Waals surface area contributed by atoms with Crippen LogP contribution in [-0.4, -0.2) is 29.5 Å². The summed E-state index contributed by atoms with van der Waals surface area (Å²) in [5.74, 6) is -5.17. The van der Waals surface area contributed by atoms with Crippen LogP contribution in [0.3, 0.4) is 0 Å². The number of nitrogens with two attached hydrogens (primary N) is 1. The van der Waals surface area contributed by atoms with Gasteiger partial charge in [0.1, 0.15) is 11.4 Å². The van der Waals surface area contributed by atoms with Gasteiger partial charge < -0.3 is 20.5 Å². The lowest BCUT2D eigenvalue weighted by Crippen LogP contribution is -2.37. The molecule has 0 aliphatic carbocycles. The zero-order valence-corrected chi connectivity index (χ0v) is 18.4. The van der Waals surface area contributed by atoms with Crippen LogP contribution in [0.5, 0.6) is 5.75 Å². The minimum atomic E-state index is -1.43. The zero-order chi connectivity index (χ0) is 24.0. The van der Waals surface area contributed by atoms with E-state index < -0.39 is 40.9 Å². The van der Waals surface area contributed by atoms with Gasteiger partial charge in [0, 0.05) is 6.20 Å². The Balaban J connectivity index is 1.83. The average molecular weight is 496 g/mol. The van der Waals surface area contributed by atoms with Crippen LogP contribution < -0.4 is 15.8 Å². The van der Waals surface area contributed by atoms with Crippen molar-refractivity contribution >= 4 is 40.7 Å². The second kappa shape index (κ2) is 11.0. The summed E-state index contributed by atoms with van der Waals surface area (Å²) in [5, 5.41) is 2.65. The first-order chi connectivity index (χ1) is 15.8. The molecule has 33 heavy (non-hydrogen) atoms. The molecule has 0 spiro atoms. The molecule has 2 amide bonds. The number of benzene rings is 2. The fourth-order valence-electron chi connectivity index (χ4n) is 2.75. The van der Waals surface area contributed by atoms with Crippen molar-refractivity contribution in [1.82, 2.24) is 4.98 Å². The largest absolute Gasteiger partial charge is 0.475 e. The number of rotatable bonds is 9. The van der Waals surface area contributed by atoms with Crippen molar-refractivity contribution in [2.75, 3.05) is 11.9 Å². The molecule has 3 N–H and O–H groups in total. The number of carbonyl (C=O) groups is 2. The average Bonchev–Trinajstić information content (AvgIpc) is 2.77. The first-order valence-corrected chi connectivity index (χ1v) is 10.2. The number of ether oxygens (including phenoxy) is 2. The number of nitrogens with zero attached hydrogens (tertiary/aromatic N) is 1. The van der Waals surface area contributed by atoms with Gasteiger partial charge in [-0.2, -0.15) is 0 Å². The fraction of sp³-hybridized carbons (Fsp3) is 0.136. The van der Waals surface area contributed by atoms with Crippen LogP contribution in [0.2, 0.25) is 10.2 Å². The Kier molecular flexibility index (Phi) is 8.16. The molecule has 11 heteroatoms. The predicted molar refractivity (Wildman–Crippen MR) is 118 cm³/mol. The Bertz CT molecular complexity index is 1170. The van der Waals surface area contributed by atoms with E-state index in [2.05, 4.69) is 10.3 Å². The Hall–Kier alpha value is -3.27. The summed E-state index contributed by atoms with van der Waals surface area (Å²) in [6.45, 7) is -0.193. The minimum absolute atomic E-state index is 0.0410. The van der Waals surface area contributed by atoms with E-state index in [0.717, 1.165) is 17.7 Å². The normalized spacial score (nSPS) is 11.6. The molecule has 1 atom stereocenters. The van der Waals surface area contributed by atoms with Gasteiger partial charge in [-0.1, -0.05) is 53.5 Å². The molecule has 0 aliphatic rings. The second-order valence-electron chi connectivity index (χ2n) is 6.69. The highest BCUT2D eigenvalue weighted by Gasteiger charge is 2.26. The summed E-state index contributed by atoms with van der Waals surface area (Å²) in [6, 6.07) is 12.2. The second-order valence-corrected chi connectivity index (χ2v) is 7.48. The summed E-state index contributed by atoms with van der Waals surface area (Å²) < 4.78 is 39.5. The first-order valence-electron chi connectivity index (χ1n) is 9.44. The molecule has 0 bridgehead atoms. The van der Waals surface area contributed by atoms with E-state index >= 15 is 0 Å². The zero-order valence-electron chi connectivity index (χ0n) is 16.9. The summed E-state index contributed by atoms with van der Waals surface area (Å²) in [6.07, 6.45) is -0.139. The van der Waals surface area contributed by atoms with Crippen LogP contribution in [0.15, 0.2) is 54.7 Å². The molecule has 1 unspecified atom stereocenters. The van der Waals surface area contributed by atoms with Crippen molar-refractivity contribution in [3.05, 3.63) is 87.7 Å². The van der Waals surface area contributed by atoms with Gasteiger partial charge in [-0.25, -0.2) is 13.8 Å². The highest BCUT2D eigenvalue weighted by atomic mass is 35.5.